The van der Waals surface area contributed by atoms with Crippen molar-refractivity contribution in [3.05, 3.63) is 229 Å². The van der Waals surface area contributed by atoms with Gasteiger partial charge in [-0.2, -0.15) is 0 Å². The molecule has 0 fully saturated rings. The fourth-order valence-corrected chi connectivity index (χ4v) is 8.04. The molecule has 0 radical (unpaired) electrons. The molecule has 4 heteroatoms. The second-order valence-electron chi connectivity index (χ2n) is 13.9. The Balaban J connectivity index is 1.00. The average Bonchev–Trinajstić information content (AvgIpc) is 3.58. The smallest absolute Gasteiger partial charge is 0.159 e. The highest BCUT2D eigenvalue weighted by Crippen LogP contribution is 2.55. The van der Waals surface area contributed by atoms with Crippen LogP contribution < -0.4 is 0 Å². The normalized spacial score (nSPS) is 12.5. The minimum Gasteiger partial charge on any atom is -0.256 e. The molecule has 1 aliphatic rings. The molecule has 0 saturated heterocycles. The maximum Gasteiger partial charge on any atom is 0.159 e. The minimum absolute atomic E-state index is 0.574. The molecule has 3 aromatic heterocycles. The van der Waals surface area contributed by atoms with E-state index in [1.165, 1.54) is 22.3 Å². The van der Waals surface area contributed by atoms with Crippen LogP contribution in [0.25, 0.3) is 67.4 Å². The summed E-state index contributed by atoms with van der Waals surface area (Å²) in [5.41, 5.74) is 15.2. The van der Waals surface area contributed by atoms with E-state index in [9.17, 15) is 0 Å². The Bertz CT molecular complexity index is 2670. The van der Waals surface area contributed by atoms with Crippen LogP contribution in [-0.2, 0) is 5.41 Å². The maximum absolute atomic E-state index is 5.42. The molecule has 10 rings (SSSR count). The summed E-state index contributed by atoms with van der Waals surface area (Å²) in [6, 6.07) is 67.7. The van der Waals surface area contributed by atoms with Crippen LogP contribution in [0.1, 0.15) is 22.4 Å². The van der Waals surface area contributed by atoms with Gasteiger partial charge in [-0.25, -0.2) is 15.0 Å². The van der Waals surface area contributed by atoms with Crippen LogP contribution in [0, 0.1) is 0 Å². The van der Waals surface area contributed by atoms with Crippen LogP contribution in [0.2, 0.25) is 0 Å². The monoisotopic (exact) mass is 702 g/mol. The second-order valence-corrected chi connectivity index (χ2v) is 13.9. The van der Waals surface area contributed by atoms with Crippen molar-refractivity contribution in [2.24, 2.45) is 0 Å². The van der Waals surface area contributed by atoms with E-state index in [1.807, 2.05) is 36.7 Å². The highest BCUT2D eigenvalue weighted by atomic mass is 14.9. The molecule has 3 heterocycles. The molecule has 0 saturated carbocycles. The van der Waals surface area contributed by atoms with Crippen molar-refractivity contribution in [3.8, 4) is 67.4 Å². The van der Waals surface area contributed by atoms with E-state index in [0.29, 0.717) is 5.82 Å². The van der Waals surface area contributed by atoms with Crippen LogP contribution in [-0.4, -0.2) is 19.9 Å². The van der Waals surface area contributed by atoms with Gasteiger partial charge >= 0.3 is 0 Å². The van der Waals surface area contributed by atoms with Crippen LogP contribution in [0.4, 0.5) is 0 Å². The molecule has 0 N–H and O–H groups in total. The van der Waals surface area contributed by atoms with Gasteiger partial charge in [0.25, 0.3) is 0 Å². The van der Waals surface area contributed by atoms with E-state index in [-0.39, 0.29) is 0 Å². The molecule has 1 aliphatic carbocycles. The first-order valence-corrected chi connectivity index (χ1v) is 18.5. The predicted molar refractivity (Wildman–Crippen MR) is 222 cm³/mol. The summed E-state index contributed by atoms with van der Waals surface area (Å²) in [7, 11) is 0. The Morgan fingerprint density at radius 1 is 0.327 bits per heavy atom. The van der Waals surface area contributed by atoms with Crippen LogP contribution in [0.15, 0.2) is 207 Å². The highest BCUT2D eigenvalue weighted by molar-refractivity contribution is 5.85. The van der Waals surface area contributed by atoms with Gasteiger partial charge in [-0.05, 0) is 57.6 Å². The molecule has 258 valence electrons. The van der Waals surface area contributed by atoms with E-state index >= 15 is 0 Å². The molecule has 0 unspecified atom stereocenters. The molecule has 0 spiro atoms. The van der Waals surface area contributed by atoms with Crippen LogP contribution in [0.5, 0.6) is 0 Å². The molecule has 0 atom stereocenters. The van der Waals surface area contributed by atoms with Crippen LogP contribution >= 0.6 is 0 Å². The lowest BCUT2D eigenvalue weighted by Gasteiger charge is -2.32. The van der Waals surface area contributed by atoms with Crippen molar-refractivity contribution in [3.63, 3.8) is 0 Å². The summed E-state index contributed by atoms with van der Waals surface area (Å²) in [5.74, 6) is 0.691. The Kier molecular flexibility index (Phi) is 8.00. The van der Waals surface area contributed by atoms with Crippen molar-refractivity contribution in [2.45, 2.75) is 5.41 Å². The SMILES string of the molecule is c1ccc(-c2cc(-c3ccccc3)nc(-c3ccc(-c4ccc(-c5ncc6c(n5)C(c5ccccc5)(c5ccccc5)c5ccccc5-6)cc4)nc3)c2)cc1. The molecule has 0 amide bonds. The summed E-state index contributed by atoms with van der Waals surface area (Å²) in [5, 5.41) is 0. The predicted octanol–water partition coefficient (Wildman–Crippen LogP) is 12.0. The summed E-state index contributed by atoms with van der Waals surface area (Å²) < 4.78 is 0. The summed E-state index contributed by atoms with van der Waals surface area (Å²) in [6.45, 7) is 0. The quantitative estimate of drug-likeness (QED) is 0.166. The number of fused-ring (bicyclic) bond motifs is 3. The average molecular weight is 703 g/mol. The van der Waals surface area contributed by atoms with Gasteiger partial charge in [0.15, 0.2) is 5.82 Å². The van der Waals surface area contributed by atoms with E-state index in [4.69, 9.17) is 19.9 Å². The first kappa shape index (κ1) is 32.4. The van der Waals surface area contributed by atoms with Crippen molar-refractivity contribution >= 4 is 0 Å². The van der Waals surface area contributed by atoms with Gasteiger partial charge in [-0.3, -0.25) is 4.98 Å². The first-order chi connectivity index (χ1) is 27.3. The number of hydrogen-bond donors (Lipinski definition) is 0. The largest absolute Gasteiger partial charge is 0.256 e. The fourth-order valence-electron chi connectivity index (χ4n) is 8.04. The van der Waals surface area contributed by atoms with E-state index in [2.05, 4.69) is 170 Å². The van der Waals surface area contributed by atoms with Crippen molar-refractivity contribution in [1.29, 1.82) is 0 Å². The van der Waals surface area contributed by atoms with E-state index in [1.54, 1.807) is 0 Å². The van der Waals surface area contributed by atoms with Crippen molar-refractivity contribution in [1.82, 2.24) is 19.9 Å². The molecule has 4 nitrogen and oxygen atoms in total. The fraction of sp³-hybridized carbons (Fsp3) is 0.0196. The lowest BCUT2D eigenvalue weighted by Crippen LogP contribution is -2.29. The molecular formula is C51H34N4. The van der Waals surface area contributed by atoms with Gasteiger partial charge in [0.2, 0.25) is 0 Å². The molecular weight excluding hydrogens is 669 g/mol. The third-order valence-corrected chi connectivity index (χ3v) is 10.7. The Morgan fingerprint density at radius 3 is 1.49 bits per heavy atom. The highest BCUT2D eigenvalue weighted by Gasteiger charge is 2.47. The lowest BCUT2D eigenvalue weighted by molar-refractivity contribution is 0.736. The van der Waals surface area contributed by atoms with E-state index < -0.39 is 5.41 Å². The third-order valence-electron chi connectivity index (χ3n) is 10.7. The van der Waals surface area contributed by atoms with Crippen molar-refractivity contribution < 1.29 is 0 Å². The number of pyridine rings is 2. The molecule has 9 aromatic rings. The molecule has 6 aromatic carbocycles. The first-order valence-electron chi connectivity index (χ1n) is 18.5. The van der Waals surface area contributed by atoms with Gasteiger partial charge in [0.1, 0.15) is 0 Å². The lowest BCUT2D eigenvalue weighted by atomic mass is 9.69. The van der Waals surface area contributed by atoms with Gasteiger partial charge < -0.3 is 0 Å². The van der Waals surface area contributed by atoms with Crippen LogP contribution in [0.3, 0.4) is 0 Å². The number of hydrogen-bond acceptors (Lipinski definition) is 4. The summed E-state index contributed by atoms with van der Waals surface area (Å²) in [6.07, 6.45) is 3.92. The summed E-state index contributed by atoms with van der Waals surface area (Å²) >= 11 is 0. The van der Waals surface area contributed by atoms with Gasteiger partial charge in [0, 0.05) is 40.2 Å². The second kappa shape index (κ2) is 13.6. The summed E-state index contributed by atoms with van der Waals surface area (Å²) in [4.78, 5) is 20.4. The number of benzene rings is 6. The number of nitrogens with zero attached hydrogens (tertiary/aromatic N) is 4. The standard InChI is InChI=1S/C51H34N4/c1-5-15-35(16-6-1)40-31-47(36-17-7-2-8-18-36)54-48(32-40)39-29-30-46(52-33-39)37-25-27-38(28-26-37)50-53-34-44-43-23-13-14-24-45(43)51(49(44)55-50,41-19-9-3-10-20-41)42-21-11-4-12-22-42/h1-34H. The topological polar surface area (TPSA) is 51.6 Å². The van der Waals surface area contributed by atoms with Gasteiger partial charge in [-0.15, -0.1) is 0 Å². The Hall–Kier alpha value is -7.30. The number of aromatic nitrogens is 4. The Morgan fingerprint density at radius 2 is 0.855 bits per heavy atom. The molecule has 0 aliphatic heterocycles. The molecule has 0 bridgehead atoms. The Labute approximate surface area is 320 Å². The van der Waals surface area contributed by atoms with Gasteiger partial charge in [0.05, 0.1) is 28.2 Å². The minimum atomic E-state index is -0.574. The molecule has 55 heavy (non-hydrogen) atoms. The third kappa shape index (κ3) is 5.63. The number of rotatable bonds is 7. The van der Waals surface area contributed by atoms with Crippen molar-refractivity contribution in [2.75, 3.05) is 0 Å². The maximum atomic E-state index is 5.42. The zero-order valence-electron chi connectivity index (χ0n) is 29.9. The van der Waals surface area contributed by atoms with E-state index in [0.717, 1.165) is 61.7 Å². The zero-order valence-corrected chi connectivity index (χ0v) is 29.9. The van der Waals surface area contributed by atoms with Gasteiger partial charge in [-0.1, -0.05) is 170 Å². The zero-order chi connectivity index (χ0) is 36.6.